The second-order valence-corrected chi connectivity index (χ2v) is 2.94. The van der Waals surface area contributed by atoms with Gasteiger partial charge in [-0.25, -0.2) is 0 Å². The molecule has 7 nitrogen and oxygen atoms in total. The first kappa shape index (κ1) is 14.4. The fourth-order valence-electron chi connectivity index (χ4n) is 0.955. The number of hydrogen-bond acceptors (Lipinski definition) is 6. The standard InChI is InChI=1S/C9H16N2O5/c1-15-8(13)5-11(6-9(14)16-2)7(12)3-4-10/h3-6,10H2,1-2H3. The van der Waals surface area contributed by atoms with Gasteiger partial charge in [-0.1, -0.05) is 0 Å². The summed E-state index contributed by atoms with van der Waals surface area (Å²) >= 11 is 0. The molecule has 0 aromatic carbocycles. The normalized spacial score (nSPS) is 9.44. The predicted molar refractivity (Wildman–Crippen MR) is 54.3 cm³/mol. The molecule has 0 rings (SSSR count). The molecule has 0 spiro atoms. The molecule has 0 radical (unpaired) electrons. The molecule has 0 aliphatic rings. The molecule has 0 unspecified atom stereocenters. The van der Waals surface area contributed by atoms with Crippen molar-refractivity contribution in [1.82, 2.24) is 4.90 Å². The SMILES string of the molecule is COC(=O)CN(CC(=O)OC)C(=O)CCN. The Morgan fingerprint density at radius 1 is 1.06 bits per heavy atom. The third kappa shape index (κ3) is 5.30. The van der Waals surface area contributed by atoms with E-state index < -0.39 is 17.8 Å². The zero-order chi connectivity index (χ0) is 12.6. The second-order valence-electron chi connectivity index (χ2n) is 2.94. The average molecular weight is 232 g/mol. The third-order valence-electron chi connectivity index (χ3n) is 1.81. The Labute approximate surface area is 93.5 Å². The number of nitrogens with zero attached hydrogens (tertiary/aromatic N) is 1. The molecule has 0 saturated heterocycles. The monoisotopic (exact) mass is 232 g/mol. The fraction of sp³-hybridized carbons (Fsp3) is 0.667. The minimum absolute atomic E-state index is 0.0635. The van der Waals surface area contributed by atoms with Gasteiger partial charge in [-0.15, -0.1) is 0 Å². The molecule has 0 fully saturated rings. The molecule has 0 aromatic heterocycles. The molecule has 7 heteroatoms. The maximum Gasteiger partial charge on any atom is 0.325 e. The highest BCUT2D eigenvalue weighted by Gasteiger charge is 2.20. The van der Waals surface area contributed by atoms with Crippen LogP contribution in [-0.4, -0.2) is 56.6 Å². The zero-order valence-electron chi connectivity index (χ0n) is 9.39. The Morgan fingerprint density at radius 3 is 1.81 bits per heavy atom. The Balaban J connectivity index is 4.43. The van der Waals surface area contributed by atoms with Gasteiger partial charge in [0.15, 0.2) is 0 Å². The van der Waals surface area contributed by atoms with Gasteiger partial charge in [0.1, 0.15) is 13.1 Å². The molecule has 2 N–H and O–H groups in total. The van der Waals surface area contributed by atoms with Crippen LogP contribution in [0.3, 0.4) is 0 Å². The van der Waals surface area contributed by atoms with E-state index in [1.807, 2.05) is 0 Å². The van der Waals surface area contributed by atoms with Crippen molar-refractivity contribution in [2.45, 2.75) is 6.42 Å². The molecule has 0 heterocycles. The number of carbonyl (C=O) groups excluding carboxylic acids is 3. The summed E-state index contributed by atoms with van der Waals surface area (Å²) in [4.78, 5) is 34.5. The van der Waals surface area contributed by atoms with Crippen molar-refractivity contribution in [3.8, 4) is 0 Å². The van der Waals surface area contributed by atoms with Crippen molar-refractivity contribution < 1.29 is 23.9 Å². The maximum atomic E-state index is 11.5. The summed E-state index contributed by atoms with van der Waals surface area (Å²) in [5, 5.41) is 0. The molecule has 0 atom stereocenters. The van der Waals surface area contributed by atoms with Crippen molar-refractivity contribution in [2.24, 2.45) is 5.73 Å². The second kappa shape index (κ2) is 7.63. The molecule has 0 saturated carbocycles. The van der Waals surface area contributed by atoms with Crippen molar-refractivity contribution in [1.29, 1.82) is 0 Å². The average Bonchev–Trinajstić information content (AvgIpc) is 2.27. The van der Waals surface area contributed by atoms with E-state index in [0.29, 0.717) is 0 Å². The highest BCUT2D eigenvalue weighted by atomic mass is 16.5. The molecule has 92 valence electrons. The van der Waals surface area contributed by atoms with Crippen LogP contribution in [0.1, 0.15) is 6.42 Å². The van der Waals surface area contributed by atoms with E-state index in [1.165, 1.54) is 14.2 Å². The Bertz CT molecular complexity index is 249. The van der Waals surface area contributed by atoms with Gasteiger partial charge in [0, 0.05) is 13.0 Å². The minimum atomic E-state index is -0.603. The highest BCUT2D eigenvalue weighted by Crippen LogP contribution is 1.96. The van der Waals surface area contributed by atoms with Crippen LogP contribution in [0.4, 0.5) is 0 Å². The Hall–Kier alpha value is -1.63. The van der Waals surface area contributed by atoms with Crippen LogP contribution >= 0.6 is 0 Å². The van der Waals surface area contributed by atoms with E-state index in [9.17, 15) is 14.4 Å². The largest absolute Gasteiger partial charge is 0.468 e. The molecule has 0 bridgehead atoms. The number of carbonyl (C=O) groups is 3. The molecule has 0 aliphatic carbocycles. The summed E-state index contributed by atoms with van der Waals surface area (Å²) < 4.78 is 8.82. The smallest absolute Gasteiger partial charge is 0.325 e. The first-order valence-corrected chi connectivity index (χ1v) is 4.66. The lowest BCUT2D eigenvalue weighted by Crippen LogP contribution is -2.40. The molecule has 1 amide bonds. The lowest BCUT2D eigenvalue weighted by atomic mass is 10.3. The van der Waals surface area contributed by atoms with Gasteiger partial charge in [-0.3, -0.25) is 14.4 Å². The quantitative estimate of drug-likeness (QED) is 0.560. The number of rotatable bonds is 6. The summed E-state index contributed by atoms with van der Waals surface area (Å²) in [5.41, 5.74) is 5.21. The number of amides is 1. The highest BCUT2D eigenvalue weighted by molar-refractivity contribution is 5.86. The molecule has 0 aromatic rings. The Morgan fingerprint density at radius 2 is 1.50 bits per heavy atom. The van der Waals surface area contributed by atoms with Crippen molar-refractivity contribution in [3.05, 3.63) is 0 Å². The van der Waals surface area contributed by atoms with Gasteiger partial charge in [0.25, 0.3) is 0 Å². The molecule has 0 aliphatic heterocycles. The van der Waals surface area contributed by atoms with E-state index in [1.54, 1.807) is 0 Å². The van der Waals surface area contributed by atoms with E-state index in [0.717, 1.165) is 4.90 Å². The van der Waals surface area contributed by atoms with Crippen LogP contribution in [0.2, 0.25) is 0 Å². The summed E-state index contributed by atoms with van der Waals surface area (Å²) in [6.07, 6.45) is 0.0635. The number of nitrogens with two attached hydrogens (primary N) is 1. The fourth-order valence-corrected chi connectivity index (χ4v) is 0.955. The zero-order valence-corrected chi connectivity index (χ0v) is 9.39. The number of methoxy groups -OCH3 is 2. The predicted octanol–water partition coefficient (Wildman–Crippen LogP) is -1.49. The van der Waals surface area contributed by atoms with Crippen LogP contribution < -0.4 is 5.73 Å². The van der Waals surface area contributed by atoms with Crippen LogP contribution in [0.5, 0.6) is 0 Å². The number of hydrogen-bond donors (Lipinski definition) is 1. The summed E-state index contributed by atoms with van der Waals surface area (Å²) in [6.45, 7) is -0.424. The molecular weight excluding hydrogens is 216 g/mol. The van der Waals surface area contributed by atoms with Crippen molar-refractivity contribution in [2.75, 3.05) is 33.9 Å². The maximum absolute atomic E-state index is 11.5. The first-order valence-electron chi connectivity index (χ1n) is 4.66. The first-order chi connectivity index (χ1) is 7.54. The van der Waals surface area contributed by atoms with Crippen LogP contribution in [0, 0.1) is 0 Å². The number of esters is 2. The van der Waals surface area contributed by atoms with Crippen molar-refractivity contribution >= 4 is 17.8 Å². The van der Waals surface area contributed by atoms with Crippen LogP contribution in [-0.2, 0) is 23.9 Å². The van der Waals surface area contributed by atoms with Crippen LogP contribution in [0.25, 0.3) is 0 Å². The van der Waals surface area contributed by atoms with E-state index in [-0.39, 0.29) is 26.1 Å². The molecule has 16 heavy (non-hydrogen) atoms. The summed E-state index contributed by atoms with van der Waals surface area (Å²) in [5.74, 6) is -1.60. The third-order valence-corrected chi connectivity index (χ3v) is 1.81. The van der Waals surface area contributed by atoms with E-state index in [4.69, 9.17) is 5.73 Å². The summed E-state index contributed by atoms with van der Waals surface area (Å²) in [7, 11) is 2.40. The summed E-state index contributed by atoms with van der Waals surface area (Å²) in [6, 6.07) is 0. The van der Waals surface area contributed by atoms with Crippen molar-refractivity contribution in [3.63, 3.8) is 0 Å². The lowest BCUT2D eigenvalue weighted by molar-refractivity contribution is -0.152. The molecular formula is C9H16N2O5. The van der Waals surface area contributed by atoms with E-state index in [2.05, 4.69) is 9.47 Å². The minimum Gasteiger partial charge on any atom is -0.468 e. The van der Waals surface area contributed by atoms with Crippen LogP contribution in [0.15, 0.2) is 0 Å². The van der Waals surface area contributed by atoms with Gasteiger partial charge in [-0.2, -0.15) is 0 Å². The topological polar surface area (TPSA) is 98.9 Å². The van der Waals surface area contributed by atoms with Gasteiger partial charge < -0.3 is 20.1 Å². The van der Waals surface area contributed by atoms with Gasteiger partial charge >= 0.3 is 11.9 Å². The van der Waals surface area contributed by atoms with E-state index >= 15 is 0 Å². The lowest BCUT2D eigenvalue weighted by Gasteiger charge is -2.19. The van der Waals surface area contributed by atoms with Gasteiger partial charge in [-0.05, 0) is 0 Å². The van der Waals surface area contributed by atoms with Gasteiger partial charge in [0.05, 0.1) is 14.2 Å². The number of ether oxygens (including phenoxy) is 2. The van der Waals surface area contributed by atoms with Gasteiger partial charge in [0.2, 0.25) is 5.91 Å². The Kier molecular flexibility index (Phi) is 6.86.